The summed E-state index contributed by atoms with van der Waals surface area (Å²) in [5, 5.41) is 6.31. The van der Waals surface area contributed by atoms with Crippen molar-refractivity contribution in [3.8, 4) is 0 Å². The van der Waals surface area contributed by atoms with E-state index in [1.807, 2.05) is 19.1 Å². The lowest BCUT2D eigenvalue weighted by molar-refractivity contribution is -0.124. The van der Waals surface area contributed by atoms with Crippen LogP contribution in [0.4, 0.5) is 0 Å². The van der Waals surface area contributed by atoms with Crippen LogP contribution in [0.2, 0.25) is 0 Å². The standard InChI is InChI=1S/C14H18N2OS/c1-10(6-7-15)14(17)16-8-11-9-18-13-5-3-2-4-12(11)13/h2-5,9-10H,6-8,15H2,1H3,(H,16,17). The number of thiophene rings is 1. The van der Waals surface area contributed by atoms with E-state index in [4.69, 9.17) is 5.73 Å². The Balaban J connectivity index is 2.00. The number of benzene rings is 1. The molecular formula is C14H18N2OS. The van der Waals surface area contributed by atoms with Crippen molar-refractivity contribution in [1.29, 1.82) is 0 Å². The van der Waals surface area contributed by atoms with E-state index in [0.29, 0.717) is 13.1 Å². The van der Waals surface area contributed by atoms with Crippen molar-refractivity contribution in [3.05, 3.63) is 35.2 Å². The number of carbonyl (C=O) groups excluding carboxylic acids is 1. The molecule has 0 aliphatic rings. The van der Waals surface area contributed by atoms with Crippen LogP contribution in [-0.4, -0.2) is 12.5 Å². The van der Waals surface area contributed by atoms with E-state index in [9.17, 15) is 4.79 Å². The topological polar surface area (TPSA) is 55.1 Å². The number of rotatable bonds is 5. The molecule has 4 heteroatoms. The van der Waals surface area contributed by atoms with Gasteiger partial charge in [0, 0.05) is 17.2 Å². The molecule has 0 radical (unpaired) electrons. The fourth-order valence-electron chi connectivity index (χ4n) is 1.91. The quantitative estimate of drug-likeness (QED) is 0.870. The molecule has 0 fully saturated rings. The molecule has 1 aromatic carbocycles. The molecule has 1 unspecified atom stereocenters. The molecule has 3 N–H and O–H groups in total. The van der Waals surface area contributed by atoms with Crippen LogP contribution in [0.3, 0.4) is 0 Å². The highest BCUT2D eigenvalue weighted by molar-refractivity contribution is 7.17. The van der Waals surface area contributed by atoms with Gasteiger partial charge in [0.25, 0.3) is 0 Å². The van der Waals surface area contributed by atoms with Crippen molar-refractivity contribution in [2.24, 2.45) is 11.7 Å². The van der Waals surface area contributed by atoms with Crippen molar-refractivity contribution in [3.63, 3.8) is 0 Å². The molecule has 3 nitrogen and oxygen atoms in total. The number of amides is 1. The van der Waals surface area contributed by atoms with Gasteiger partial charge in [0.1, 0.15) is 0 Å². The van der Waals surface area contributed by atoms with Gasteiger partial charge in [0.05, 0.1) is 0 Å². The summed E-state index contributed by atoms with van der Waals surface area (Å²) >= 11 is 1.71. The number of carbonyl (C=O) groups is 1. The van der Waals surface area contributed by atoms with Gasteiger partial charge in [-0.05, 0) is 35.4 Å². The lowest BCUT2D eigenvalue weighted by Crippen LogP contribution is -2.29. The zero-order valence-corrected chi connectivity index (χ0v) is 11.3. The van der Waals surface area contributed by atoms with Crippen molar-refractivity contribution < 1.29 is 4.79 Å². The second-order valence-electron chi connectivity index (χ2n) is 4.45. The van der Waals surface area contributed by atoms with Crippen LogP contribution in [0.1, 0.15) is 18.9 Å². The molecule has 2 aromatic rings. The van der Waals surface area contributed by atoms with Crippen LogP contribution in [-0.2, 0) is 11.3 Å². The van der Waals surface area contributed by atoms with Gasteiger partial charge in [-0.3, -0.25) is 4.79 Å². The minimum Gasteiger partial charge on any atom is -0.352 e. The minimum atomic E-state index is -0.0140. The van der Waals surface area contributed by atoms with E-state index < -0.39 is 0 Å². The van der Waals surface area contributed by atoms with Gasteiger partial charge < -0.3 is 11.1 Å². The van der Waals surface area contributed by atoms with Crippen LogP contribution in [0.15, 0.2) is 29.6 Å². The third kappa shape index (κ3) is 2.89. The third-order valence-electron chi connectivity index (χ3n) is 3.06. The maximum atomic E-state index is 11.8. The average molecular weight is 262 g/mol. The van der Waals surface area contributed by atoms with Gasteiger partial charge in [-0.1, -0.05) is 25.1 Å². The molecule has 0 aliphatic carbocycles. The molecule has 0 bridgehead atoms. The number of nitrogens with two attached hydrogens (primary N) is 1. The summed E-state index contributed by atoms with van der Waals surface area (Å²) in [7, 11) is 0. The van der Waals surface area contributed by atoms with Crippen LogP contribution in [0, 0.1) is 5.92 Å². The molecule has 0 saturated carbocycles. The summed E-state index contributed by atoms with van der Waals surface area (Å²) in [6.07, 6.45) is 0.732. The first-order valence-electron chi connectivity index (χ1n) is 6.15. The number of nitrogens with one attached hydrogen (secondary N) is 1. The zero-order chi connectivity index (χ0) is 13.0. The lowest BCUT2D eigenvalue weighted by Gasteiger charge is -2.10. The van der Waals surface area contributed by atoms with E-state index in [1.54, 1.807) is 11.3 Å². The summed E-state index contributed by atoms with van der Waals surface area (Å²) in [6, 6.07) is 8.25. The SMILES string of the molecule is CC(CCN)C(=O)NCc1csc2ccccc12. The van der Waals surface area contributed by atoms with Crippen LogP contribution in [0.5, 0.6) is 0 Å². The molecule has 2 rings (SSSR count). The largest absolute Gasteiger partial charge is 0.352 e. The molecule has 1 aromatic heterocycles. The highest BCUT2D eigenvalue weighted by Crippen LogP contribution is 2.25. The molecule has 1 heterocycles. The van der Waals surface area contributed by atoms with Gasteiger partial charge >= 0.3 is 0 Å². The minimum absolute atomic E-state index is 0.0140. The second-order valence-corrected chi connectivity index (χ2v) is 5.36. The summed E-state index contributed by atoms with van der Waals surface area (Å²) in [4.78, 5) is 11.8. The highest BCUT2D eigenvalue weighted by Gasteiger charge is 2.12. The average Bonchev–Trinajstić information content (AvgIpc) is 2.79. The zero-order valence-electron chi connectivity index (χ0n) is 10.5. The molecule has 0 aliphatic heterocycles. The van der Waals surface area contributed by atoms with Crippen LogP contribution in [0.25, 0.3) is 10.1 Å². The summed E-state index contributed by atoms with van der Waals surface area (Å²) in [6.45, 7) is 3.06. The van der Waals surface area contributed by atoms with E-state index >= 15 is 0 Å². The molecular weight excluding hydrogens is 244 g/mol. The highest BCUT2D eigenvalue weighted by atomic mass is 32.1. The Hall–Kier alpha value is -1.39. The Morgan fingerprint density at radius 2 is 2.22 bits per heavy atom. The maximum absolute atomic E-state index is 11.8. The van der Waals surface area contributed by atoms with Gasteiger partial charge in [0.15, 0.2) is 0 Å². The van der Waals surface area contributed by atoms with Gasteiger partial charge in [-0.15, -0.1) is 11.3 Å². The molecule has 96 valence electrons. The van der Waals surface area contributed by atoms with Crippen molar-refractivity contribution in [1.82, 2.24) is 5.32 Å². The lowest BCUT2D eigenvalue weighted by atomic mass is 10.1. The fraction of sp³-hybridized carbons (Fsp3) is 0.357. The van der Waals surface area contributed by atoms with Crippen molar-refractivity contribution in [2.75, 3.05) is 6.54 Å². The molecule has 0 saturated heterocycles. The molecule has 0 spiro atoms. The molecule has 1 atom stereocenters. The molecule has 18 heavy (non-hydrogen) atoms. The van der Waals surface area contributed by atoms with Gasteiger partial charge in [-0.25, -0.2) is 0 Å². The van der Waals surface area contributed by atoms with Gasteiger partial charge in [-0.2, -0.15) is 0 Å². The maximum Gasteiger partial charge on any atom is 0.223 e. The first-order valence-corrected chi connectivity index (χ1v) is 7.03. The Bertz CT molecular complexity index is 535. The summed E-state index contributed by atoms with van der Waals surface area (Å²) < 4.78 is 1.26. The predicted octanol–water partition coefficient (Wildman–Crippen LogP) is 2.50. The Morgan fingerprint density at radius 1 is 1.44 bits per heavy atom. The first kappa shape index (κ1) is 13.1. The van der Waals surface area contributed by atoms with E-state index in [1.165, 1.54) is 15.6 Å². The number of fused-ring (bicyclic) bond motifs is 1. The summed E-state index contributed by atoms with van der Waals surface area (Å²) in [5.74, 6) is 0.0654. The monoisotopic (exact) mass is 262 g/mol. The summed E-state index contributed by atoms with van der Waals surface area (Å²) in [5.41, 5.74) is 6.64. The van der Waals surface area contributed by atoms with Crippen molar-refractivity contribution >= 4 is 27.3 Å². The number of hydrogen-bond donors (Lipinski definition) is 2. The Kier molecular flexibility index (Phi) is 4.33. The third-order valence-corrected chi connectivity index (χ3v) is 4.07. The van der Waals surface area contributed by atoms with Crippen molar-refractivity contribution in [2.45, 2.75) is 19.9 Å². The van der Waals surface area contributed by atoms with E-state index in [-0.39, 0.29) is 11.8 Å². The Morgan fingerprint density at radius 3 is 3.00 bits per heavy atom. The predicted molar refractivity (Wildman–Crippen MR) is 76.5 cm³/mol. The van der Waals surface area contributed by atoms with Gasteiger partial charge in [0.2, 0.25) is 5.91 Å². The van der Waals surface area contributed by atoms with E-state index in [2.05, 4.69) is 22.8 Å². The van der Waals surface area contributed by atoms with Crippen LogP contribution < -0.4 is 11.1 Å². The second kappa shape index (κ2) is 5.98. The normalized spacial score (nSPS) is 12.6. The smallest absolute Gasteiger partial charge is 0.223 e. The molecule has 1 amide bonds. The fourth-order valence-corrected chi connectivity index (χ4v) is 2.87. The number of hydrogen-bond acceptors (Lipinski definition) is 3. The van der Waals surface area contributed by atoms with Crippen LogP contribution >= 0.6 is 11.3 Å². The Labute approximate surface area is 111 Å². The first-order chi connectivity index (χ1) is 8.72. The van der Waals surface area contributed by atoms with E-state index in [0.717, 1.165) is 6.42 Å².